The molecule has 0 fully saturated rings. The smallest absolute Gasteiger partial charge is 0.135 e. The van der Waals surface area contributed by atoms with Crippen molar-refractivity contribution in [3.05, 3.63) is 121 Å². The van der Waals surface area contributed by atoms with Crippen LogP contribution in [0.3, 0.4) is 0 Å². The number of para-hydroxylation sites is 1. The van der Waals surface area contributed by atoms with E-state index in [4.69, 9.17) is 4.42 Å². The fourth-order valence-electron chi connectivity index (χ4n) is 5.68. The van der Waals surface area contributed by atoms with Crippen molar-refractivity contribution in [1.82, 2.24) is 0 Å². The highest BCUT2D eigenvalue weighted by molar-refractivity contribution is 7.99. The average Bonchev–Trinajstić information content (AvgIpc) is 3.31. The van der Waals surface area contributed by atoms with E-state index in [2.05, 4.69) is 109 Å². The van der Waals surface area contributed by atoms with Crippen LogP contribution in [0, 0.1) is 0 Å². The van der Waals surface area contributed by atoms with Crippen molar-refractivity contribution in [3.63, 3.8) is 0 Å². The Morgan fingerprint density at radius 2 is 1.14 bits per heavy atom. The molecule has 0 saturated carbocycles. The topological polar surface area (TPSA) is 13.1 Å². The predicted octanol–water partition coefficient (Wildman–Crippen LogP) is 10.2. The van der Waals surface area contributed by atoms with Crippen LogP contribution in [-0.4, -0.2) is 0 Å². The normalized spacial score (nSPS) is 12.3. The molecule has 168 valence electrons. The van der Waals surface area contributed by atoms with E-state index < -0.39 is 0 Å². The molecule has 2 heterocycles. The predicted molar refractivity (Wildman–Crippen MR) is 152 cm³/mol. The van der Waals surface area contributed by atoms with E-state index in [0.29, 0.717) is 0 Å². The third kappa shape index (κ3) is 2.85. The summed E-state index contributed by atoms with van der Waals surface area (Å²) < 4.78 is 6.09. The van der Waals surface area contributed by atoms with Gasteiger partial charge in [-0.1, -0.05) is 103 Å². The Morgan fingerprint density at radius 3 is 2.08 bits per heavy atom. The van der Waals surface area contributed by atoms with E-state index in [9.17, 15) is 0 Å². The Bertz CT molecular complexity index is 1980. The zero-order chi connectivity index (χ0) is 23.6. The summed E-state index contributed by atoms with van der Waals surface area (Å²) >= 11 is 1.87. The van der Waals surface area contributed by atoms with Crippen molar-refractivity contribution in [1.29, 1.82) is 0 Å². The minimum absolute atomic E-state index is 0.926. The van der Waals surface area contributed by atoms with E-state index in [1.54, 1.807) is 0 Å². The second-order valence-electron chi connectivity index (χ2n) is 9.29. The summed E-state index contributed by atoms with van der Waals surface area (Å²) in [6, 6.07) is 43.6. The van der Waals surface area contributed by atoms with Crippen LogP contribution in [-0.2, 0) is 0 Å². The van der Waals surface area contributed by atoms with Gasteiger partial charge >= 0.3 is 0 Å². The molecule has 2 heteroatoms. The summed E-state index contributed by atoms with van der Waals surface area (Å²) in [5.74, 6) is 0. The van der Waals surface area contributed by atoms with Gasteiger partial charge in [-0.15, -0.1) is 0 Å². The third-order valence-corrected chi connectivity index (χ3v) is 8.44. The van der Waals surface area contributed by atoms with Crippen molar-refractivity contribution in [3.8, 4) is 33.4 Å². The fraction of sp³-hybridized carbons (Fsp3) is 0. The zero-order valence-corrected chi connectivity index (χ0v) is 20.2. The van der Waals surface area contributed by atoms with Crippen molar-refractivity contribution < 1.29 is 4.42 Å². The molecule has 6 aromatic carbocycles. The minimum Gasteiger partial charge on any atom is -0.456 e. The van der Waals surface area contributed by atoms with Gasteiger partial charge in [0.15, 0.2) is 0 Å². The number of furan rings is 1. The van der Waals surface area contributed by atoms with E-state index >= 15 is 0 Å². The van der Waals surface area contributed by atoms with Crippen LogP contribution in [0.5, 0.6) is 0 Å². The molecule has 7 aromatic rings. The fourth-order valence-corrected chi connectivity index (χ4v) is 6.81. The van der Waals surface area contributed by atoms with Crippen LogP contribution in [0.2, 0.25) is 0 Å². The van der Waals surface area contributed by atoms with Crippen LogP contribution >= 0.6 is 11.8 Å². The molecule has 0 aliphatic carbocycles. The number of benzene rings is 6. The quantitative estimate of drug-likeness (QED) is 0.246. The molecule has 1 aliphatic heterocycles. The van der Waals surface area contributed by atoms with E-state index in [0.717, 1.165) is 21.9 Å². The van der Waals surface area contributed by atoms with Crippen molar-refractivity contribution in [2.24, 2.45) is 0 Å². The maximum atomic E-state index is 6.09. The van der Waals surface area contributed by atoms with Gasteiger partial charge in [-0.3, -0.25) is 0 Å². The summed E-state index contributed by atoms with van der Waals surface area (Å²) in [7, 11) is 0. The van der Waals surface area contributed by atoms with Gasteiger partial charge in [0.2, 0.25) is 0 Å². The molecule has 0 radical (unpaired) electrons. The number of hydrogen-bond acceptors (Lipinski definition) is 2. The molecule has 1 aromatic heterocycles. The van der Waals surface area contributed by atoms with Gasteiger partial charge in [0, 0.05) is 25.9 Å². The molecule has 0 atom stereocenters. The Balaban J connectivity index is 1.37. The maximum absolute atomic E-state index is 6.09. The highest BCUT2D eigenvalue weighted by Crippen LogP contribution is 2.50. The van der Waals surface area contributed by atoms with Gasteiger partial charge < -0.3 is 4.42 Å². The third-order valence-electron chi connectivity index (χ3n) is 7.30. The Kier molecular flexibility index (Phi) is 4.22. The summed E-state index contributed by atoms with van der Waals surface area (Å²) in [5, 5.41) is 4.96. The van der Waals surface area contributed by atoms with Gasteiger partial charge in [0.1, 0.15) is 11.2 Å². The van der Waals surface area contributed by atoms with Gasteiger partial charge in [-0.05, 0) is 69.1 Å². The van der Waals surface area contributed by atoms with E-state index in [-0.39, 0.29) is 0 Å². The van der Waals surface area contributed by atoms with Crippen LogP contribution < -0.4 is 0 Å². The molecule has 0 spiro atoms. The first kappa shape index (κ1) is 20.0. The van der Waals surface area contributed by atoms with Crippen LogP contribution in [0.1, 0.15) is 0 Å². The molecule has 0 saturated heterocycles. The number of fused-ring (bicyclic) bond motifs is 5. The highest BCUT2D eigenvalue weighted by atomic mass is 32.2. The first-order valence-corrected chi connectivity index (χ1v) is 13.0. The summed E-state index contributed by atoms with van der Waals surface area (Å²) in [4.78, 5) is 2.65. The number of hydrogen-bond donors (Lipinski definition) is 0. The van der Waals surface area contributed by atoms with Gasteiger partial charge in [0.05, 0.1) is 0 Å². The lowest BCUT2D eigenvalue weighted by Crippen LogP contribution is -1.94. The van der Waals surface area contributed by atoms with Crippen molar-refractivity contribution in [2.75, 3.05) is 0 Å². The molecular formula is C34H20OS. The van der Waals surface area contributed by atoms with Gasteiger partial charge in [0.25, 0.3) is 0 Å². The first-order valence-electron chi connectivity index (χ1n) is 12.2. The highest BCUT2D eigenvalue weighted by Gasteiger charge is 2.21. The van der Waals surface area contributed by atoms with E-state index in [1.165, 1.54) is 53.9 Å². The molecule has 8 rings (SSSR count). The van der Waals surface area contributed by atoms with Crippen LogP contribution in [0.25, 0.3) is 66.1 Å². The molecule has 36 heavy (non-hydrogen) atoms. The Labute approximate surface area is 213 Å². The summed E-state index contributed by atoms with van der Waals surface area (Å²) in [6.45, 7) is 0. The molecule has 0 bridgehead atoms. The summed E-state index contributed by atoms with van der Waals surface area (Å²) in [6.07, 6.45) is 0. The standard InChI is InChI=1S/C34H20OS/c1-2-9-23(22(8-1)21-16-18-31-29(20-21)25-10-3-5-14-30(25)35-31)24-17-19-33-34-27(24)12-7-13-28(34)26-11-4-6-15-32(26)36-33/h1-20H. The Hall–Kier alpha value is -4.27. The molecule has 1 aliphatic rings. The van der Waals surface area contributed by atoms with Gasteiger partial charge in [-0.2, -0.15) is 0 Å². The molecule has 0 unspecified atom stereocenters. The lowest BCUT2D eigenvalue weighted by Gasteiger charge is -2.22. The van der Waals surface area contributed by atoms with Gasteiger partial charge in [-0.25, -0.2) is 0 Å². The molecule has 0 amide bonds. The largest absolute Gasteiger partial charge is 0.456 e. The first-order chi connectivity index (χ1) is 17.8. The van der Waals surface area contributed by atoms with E-state index in [1.807, 2.05) is 23.9 Å². The van der Waals surface area contributed by atoms with Crippen LogP contribution in [0.4, 0.5) is 0 Å². The SMILES string of the molecule is c1ccc2c(c1)Sc1ccc(-c3ccccc3-c3ccc4oc5ccccc5c4c3)c3cccc-2c13. The average molecular weight is 477 g/mol. The lowest BCUT2D eigenvalue weighted by molar-refractivity contribution is 0.669. The second kappa shape index (κ2) is 7.61. The summed E-state index contributed by atoms with van der Waals surface area (Å²) in [5.41, 5.74) is 9.44. The number of rotatable bonds is 2. The van der Waals surface area contributed by atoms with Crippen molar-refractivity contribution >= 4 is 44.5 Å². The van der Waals surface area contributed by atoms with Crippen molar-refractivity contribution in [2.45, 2.75) is 9.79 Å². The van der Waals surface area contributed by atoms with Crippen LogP contribution in [0.15, 0.2) is 136 Å². The zero-order valence-electron chi connectivity index (χ0n) is 19.4. The molecular weight excluding hydrogens is 456 g/mol. The monoisotopic (exact) mass is 476 g/mol. The second-order valence-corrected chi connectivity index (χ2v) is 10.4. The maximum Gasteiger partial charge on any atom is 0.135 e. The lowest BCUT2D eigenvalue weighted by atomic mass is 9.89. The minimum atomic E-state index is 0.926. The molecule has 0 N–H and O–H groups in total. The Morgan fingerprint density at radius 1 is 0.417 bits per heavy atom. The molecule has 1 nitrogen and oxygen atoms in total.